The summed E-state index contributed by atoms with van der Waals surface area (Å²) in [6.07, 6.45) is 4.00. The molecule has 1 aromatic heterocycles. The van der Waals surface area contributed by atoms with Gasteiger partial charge in [-0.2, -0.15) is 0 Å². The van der Waals surface area contributed by atoms with E-state index in [1.165, 1.54) is 12.0 Å². The van der Waals surface area contributed by atoms with Crippen molar-refractivity contribution in [2.75, 3.05) is 13.1 Å². The second-order valence-corrected chi connectivity index (χ2v) is 5.46. The topological polar surface area (TPSA) is 62.2 Å². The van der Waals surface area contributed by atoms with Gasteiger partial charge in [-0.25, -0.2) is 4.79 Å². The molecule has 0 saturated carbocycles. The van der Waals surface area contributed by atoms with Crippen LogP contribution < -0.4 is 5.32 Å². The Balaban J connectivity index is 1.88. The van der Waals surface area contributed by atoms with Crippen LogP contribution in [0.15, 0.2) is 42.6 Å². The molecular weight excluding hydrogens is 264 g/mol. The van der Waals surface area contributed by atoms with Crippen molar-refractivity contribution in [3.63, 3.8) is 0 Å². The highest BCUT2D eigenvalue weighted by Gasteiger charge is 2.17. The summed E-state index contributed by atoms with van der Waals surface area (Å²) in [7, 11) is 0. The van der Waals surface area contributed by atoms with Crippen molar-refractivity contribution in [2.24, 2.45) is 5.92 Å². The molecule has 4 heteroatoms. The largest absolute Gasteiger partial charge is 0.478 e. The zero-order valence-electron chi connectivity index (χ0n) is 11.7. The van der Waals surface area contributed by atoms with Gasteiger partial charge in [0.2, 0.25) is 0 Å². The van der Waals surface area contributed by atoms with Gasteiger partial charge in [-0.15, -0.1) is 0 Å². The number of hydrogen-bond acceptors (Lipinski definition) is 3. The molecule has 3 rings (SSSR count). The van der Waals surface area contributed by atoms with Crippen LogP contribution in [0, 0.1) is 5.92 Å². The SMILES string of the molecule is O=C(O)c1ccc(-c2ncccc2C[C@H]2CCNC2)cc1. The number of pyridine rings is 1. The molecule has 21 heavy (non-hydrogen) atoms. The molecule has 0 radical (unpaired) electrons. The van der Waals surface area contributed by atoms with E-state index in [9.17, 15) is 4.79 Å². The molecule has 1 aromatic carbocycles. The highest BCUT2D eigenvalue weighted by molar-refractivity contribution is 5.88. The average molecular weight is 282 g/mol. The van der Waals surface area contributed by atoms with Crippen LogP contribution in [0.5, 0.6) is 0 Å². The molecule has 0 amide bonds. The standard InChI is InChI=1S/C17H18N2O2/c20-17(21)14-5-3-13(4-6-14)16-15(2-1-8-19-16)10-12-7-9-18-11-12/h1-6,8,12,18H,7,9-11H2,(H,20,21)/t12-/m1/s1. The minimum atomic E-state index is -0.903. The third-order valence-electron chi connectivity index (χ3n) is 3.97. The van der Waals surface area contributed by atoms with Crippen molar-refractivity contribution >= 4 is 5.97 Å². The third-order valence-corrected chi connectivity index (χ3v) is 3.97. The van der Waals surface area contributed by atoms with Gasteiger partial charge in [0.1, 0.15) is 0 Å². The monoisotopic (exact) mass is 282 g/mol. The van der Waals surface area contributed by atoms with Gasteiger partial charge in [0.15, 0.2) is 0 Å². The molecule has 108 valence electrons. The molecule has 1 atom stereocenters. The normalized spacial score (nSPS) is 17.8. The number of carbonyl (C=O) groups is 1. The molecule has 1 aliphatic heterocycles. The average Bonchev–Trinajstić information content (AvgIpc) is 3.01. The molecule has 2 N–H and O–H groups in total. The fourth-order valence-electron chi connectivity index (χ4n) is 2.83. The maximum absolute atomic E-state index is 10.9. The lowest BCUT2D eigenvalue weighted by Gasteiger charge is -2.12. The summed E-state index contributed by atoms with van der Waals surface area (Å²) in [4.78, 5) is 15.4. The Morgan fingerprint density at radius 3 is 2.76 bits per heavy atom. The Morgan fingerprint density at radius 1 is 1.29 bits per heavy atom. The second-order valence-electron chi connectivity index (χ2n) is 5.46. The van der Waals surface area contributed by atoms with Gasteiger partial charge in [-0.05, 0) is 55.6 Å². The van der Waals surface area contributed by atoms with Gasteiger partial charge in [0, 0.05) is 11.8 Å². The predicted molar refractivity (Wildman–Crippen MR) is 81.3 cm³/mol. The van der Waals surface area contributed by atoms with Crippen LogP contribution in [0.25, 0.3) is 11.3 Å². The Bertz CT molecular complexity index is 631. The van der Waals surface area contributed by atoms with E-state index in [4.69, 9.17) is 5.11 Å². The van der Waals surface area contributed by atoms with Gasteiger partial charge in [-0.1, -0.05) is 18.2 Å². The molecule has 1 fully saturated rings. The van der Waals surface area contributed by atoms with Crippen LogP contribution in [-0.2, 0) is 6.42 Å². The zero-order chi connectivity index (χ0) is 14.7. The molecule has 2 heterocycles. The molecular formula is C17H18N2O2. The van der Waals surface area contributed by atoms with E-state index in [1.807, 2.05) is 18.2 Å². The van der Waals surface area contributed by atoms with Crippen molar-refractivity contribution < 1.29 is 9.90 Å². The van der Waals surface area contributed by atoms with Crippen LogP contribution >= 0.6 is 0 Å². The first-order chi connectivity index (χ1) is 10.2. The van der Waals surface area contributed by atoms with Crippen molar-refractivity contribution in [1.82, 2.24) is 10.3 Å². The van der Waals surface area contributed by atoms with E-state index < -0.39 is 5.97 Å². The Hall–Kier alpha value is -2.20. The number of nitrogens with one attached hydrogen (secondary N) is 1. The first-order valence-corrected chi connectivity index (χ1v) is 7.22. The zero-order valence-corrected chi connectivity index (χ0v) is 11.7. The summed E-state index contributed by atoms with van der Waals surface area (Å²) < 4.78 is 0. The first-order valence-electron chi connectivity index (χ1n) is 7.22. The van der Waals surface area contributed by atoms with E-state index in [-0.39, 0.29) is 0 Å². The summed E-state index contributed by atoms with van der Waals surface area (Å²) in [6, 6.07) is 11.0. The number of rotatable bonds is 4. The number of aromatic carboxylic acids is 1. The highest BCUT2D eigenvalue weighted by Crippen LogP contribution is 2.25. The molecule has 1 aliphatic rings. The fraction of sp³-hybridized carbons (Fsp3) is 0.294. The Morgan fingerprint density at radius 2 is 2.10 bits per heavy atom. The molecule has 2 aromatic rings. The molecule has 0 unspecified atom stereocenters. The fourth-order valence-corrected chi connectivity index (χ4v) is 2.83. The molecule has 4 nitrogen and oxygen atoms in total. The van der Waals surface area contributed by atoms with Crippen molar-refractivity contribution in [3.8, 4) is 11.3 Å². The number of aromatic nitrogens is 1. The number of benzene rings is 1. The van der Waals surface area contributed by atoms with Crippen molar-refractivity contribution in [1.29, 1.82) is 0 Å². The maximum atomic E-state index is 10.9. The van der Waals surface area contributed by atoms with Crippen LogP contribution in [-0.4, -0.2) is 29.1 Å². The molecule has 0 spiro atoms. The van der Waals surface area contributed by atoms with E-state index >= 15 is 0 Å². The Labute approximate surface area is 123 Å². The highest BCUT2D eigenvalue weighted by atomic mass is 16.4. The minimum absolute atomic E-state index is 0.302. The van der Waals surface area contributed by atoms with Crippen LogP contribution in [0.3, 0.4) is 0 Å². The number of hydrogen-bond donors (Lipinski definition) is 2. The summed E-state index contributed by atoms with van der Waals surface area (Å²) >= 11 is 0. The molecule has 0 aliphatic carbocycles. The predicted octanol–water partition coefficient (Wildman–Crippen LogP) is 2.60. The summed E-state index contributed by atoms with van der Waals surface area (Å²) in [5.41, 5.74) is 3.47. The van der Waals surface area contributed by atoms with E-state index in [0.717, 1.165) is 30.8 Å². The van der Waals surface area contributed by atoms with Crippen molar-refractivity contribution in [2.45, 2.75) is 12.8 Å². The number of nitrogens with zero attached hydrogens (tertiary/aromatic N) is 1. The van der Waals surface area contributed by atoms with Gasteiger partial charge in [0.25, 0.3) is 0 Å². The first kappa shape index (κ1) is 13.8. The quantitative estimate of drug-likeness (QED) is 0.905. The third kappa shape index (κ3) is 3.11. The van der Waals surface area contributed by atoms with Crippen molar-refractivity contribution in [3.05, 3.63) is 53.7 Å². The van der Waals surface area contributed by atoms with E-state index in [0.29, 0.717) is 11.5 Å². The summed E-state index contributed by atoms with van der Waals surface area (Å²) in [5.74, 6) is -0.244. The lowest BCUT2D eigenvalue weighted by Crippen LogP contribution is -2.11. The number of carboxylic acid groups (broad SMARTS) is 1. The van der Waals surface area contributed by atoms with Gasteiger partial charge in [0.05, 0.1) is 11.3 Å². The molecule has 1 saturated heterocycles. The molecule has 0 bridgehead atoms. The van der Waals surface area contributed by atoms with Crippen LogP contribution in [0.1, 0.15) is 22.3 Å². The minimum Gasteiger partial charge on any atom is -0.478 e. The number of carboxylic acids is 1. The van der Waals surface area contributed by atoms with Gasteiger partial charge in [-0.3, -0.25) is 4.98 Å². The smallest absolute Gasteiger partial charge is 0.335 e. The van der Waals surface area contributed by atoms with Crippen LogP contribution in [0.4, 0.5) is 0 Å². The summed E-state index contributed by atoms with van der Waals surface area (Å²) in [6.45, 7) is 2.15. The van der Waals surface area contributed by atoms with Gasteiger partial charge >= 0.3 is 5.97 Å². The maximum Gasteiger partial charge on any atom is 0.335 e. The van der Waals surface area contributed by atoms with E-state index in [2.05, 4.69) is 16.4 Å². The van der Waals surface area contributed by atoms with Crippen LogP contribution in [0.2, 0.25) is 0 Å². The van der Waals surface area contributed by atoms with Gasteiger partial charge < -0.3 is 10.4 Å². The lowest BCUT2D eigenvalue weighted by molar-refractivity contribution is 0.0697. The second kappa shape index (κ2) is 6.06. The lowest BCUT2D eigenvalue weighted by atomic mass is 9.95. The van der Waals surface area contributed by atoms with E-state index in [1.54, 1.807) is 18.3 Å². The summed E-state index contributed by atoms with van der Waals surface area (Å²) in [5, 5.41) is 12.4. The Kier molecular flexibility index (Phi) is 3.97.